The highest BCUT2D eigenvalue weighted by Gasteiger charge is 2.22. The number of anilines is 1. The van der Waals surface area contributed by atoms with E-state index in [1.54, 1.807) is 0 Å². The van der Waals surface area contributed by atoms with Gasteiger partial charge in [0.25, 0.3) is 0 Å². The van der Waals surface area contributed by atoms with Gasteiger partial charge in [0.1, 0.15) is 5.82 Å². The van der Waals surface area contributed by atoms with E-state index in [4.69, 9.17) is 0 Å². The molecule has 2 heterocycles. The number of aromatic nitrogens is 1. The number of nitrogens with zero attached hydrogens (tertiary/aromatic N) is 2. The van der Waals surface area contributed by atoms with Crippen molar-refractivity contribution < 1.29 is 0 Å². The molecule has 17 heavy (non-hydrogen) atoms. The van der Waals surface area contributed by atoms with Crippen LogP contribution in [0.15, 0.2) is 21.2 Å². The standard InChI is InChI=1S/C12H15Br3N2/c13-7-10-4-2-1-3-5-17(10)12-11(15)6-9(14)8-16-12/h6,8,10H,1-5,7H2. The normalized spacial score (nSPS) is 21.4. The van der Waals surface area contributed by atoms with Gasteiger partial charge >= 0.3 is 0 Å². The maximum Gasteiger partial charge on any atom is 0.143 e. The van der Waals surface area contributed by atoms with Crippen molar-refractivity contribution in [3.8, 4) is 0 Å². The molecule has 1 saturated heterocycles. The maximum absolute atomic E-state index is 4.55. The molecule has 1 fully saturated rings. The van der Waals surface area contributed by atoms with Crippen LogP contribution >= 0.6 is 47.8 Å². The van der Waals surface area contributed by atoms with Crippen LogP contribution in [0.1, 0.15) is 25.7 Å². The summed E-state index contributed by atoms with van der Waals surface area (Å²) < 4.78 is 2.08. The summed E-state index contributed by atoms with van der Waals surface area (Å²) in [5, 5.41) is 1.01. The van der Waals surface area contributed by atoms with E-state index in [0.29, 0.717) is 6.04 Å². The highest BCUT2D eigenvalue weighted by atomic mass is 79.9. The van der Waals surface area contributed by atoms with Gasteiger partial charge in [-0.2, -0.15) is 0 Å². The summed E-state index contributed by atoms with van der Waals surface area (Å²) >= 11 is 10.7. The lowest BCUT2D eigenvalue weighted by atomic mass is 10.1. The molecule has 0 aromatic carbocycles. The van der Waals surface area contributed by atoms with E-state index in [1.807, 2.05) is 6.20 Å². The minimum atomic E-state index is 0.558. The van der Waals surface area contributed by atoms with Crippen LogP contribution in [-0.4, -0.2) is 22.9 Å². The van der Waals surface area contributed by atoms with E-state index in [-0.39, 0.29) is 0 Å². The maximum atomic E-state index is 4.55. The Morgan fingerprint density at radius 1 is 1.29 bits per heavy atom. The molecule has 0 saturated carbocycles. The molecule has 0 radical (unpaired) electrons. The molecular formula is C12H15Br3N2. The Hall–Kier alpha value is 0.390. The molecule has 0 spiro atoms. The molecule has 1 atom stereocenters. The van der Waals surface area contributed by atoms with Gasteiger partial charge in [0, 0.05) is 28.6 Å². The van der Waals surface area contributed by atoms with Gasteiger partial charge in [-0.3, -0.25) is 0 Å². The molecular weight excluding hydrogens is 412 g/mol. The van der Waals surface area contributed by atoms with Crippen molar-refractivity contribution in [2.45, 2.75) is 31.7 Å². The number of hydrogen-bond acceptors (Lipinski definition) is 2. The van der Waals surface area contributed by atoms with E-state index < -0.39 is 0 Å². The van der Waals surface area contributed by atoms with Crippen molar-refractivity contribution in [2.24, 2.45) is 0 Å². The van der Waals surface area contributed by atoms with E-state index in [0.717, 1.165) is 26.6 Å². The smallest absolute Gasteiger partial charge is 0.143 e. The van der Waals surface area contributed by atoms with Gasteiger partial charge in [-0.1, -0.05) is 28.8 Å². The molecule has 0 aliphatic carbocycles. The SMILES string of the molecule is BrCC1CCCCCN1c1ncc(Br)cc1Br. The summed E-state index contributed by atoms with van der Waals surface area (Å²) in [6, 6.07) is 2.63. The summed E-state index contributed by atoms with van der Waals surface area (Å²) in [4.78, 5) is 6.98. The molecule has 1 aliphatic rings. The van der Waals surface area contributed by atoms with Crippen LogP contribution in [-0.2, 0) is 0 Å². The van der Waals surface area contributed by atoms with E-state index in [1.165, 1.54) is 25.7 Å². The van der Waals surface area contributed by atoms with Gasteiger partial charge in [-0.25, -0.2) is 4.98 Å². The zero-order chi connectivity index (χ0) is 12.3. The Morgan fingerprint density at radius 2 is 2.12 bits per heavy atom. The van der Waals surface area contributed by atoms with Gasteiger partial charge in [0.2, 0.25) is 0 Å². The third kappa shape index (κ3) is 3.44. The van der Waals surface area contributed by atoms with Crippen molar-refractivity contribution >= 4 is 53.6 Å². The molecule has 1 aliphatic heterocycles. The van der Waals surface area contributed by atoms with E-state index in [2.05, 4.69) is 63.7 Å². The zero-order valence-corrected chi connectivity index (χ0v) is 14.3. The minimum Gasteiger partial charge on any atom is -0.352 e. The number of halogens is 3. The Bertz CT molecular complexity index is 384. The second-order valence-corrected chi connectivity index (χ2v) is 6.73. The fraction of sp³-hybridized carbons (Fsp3) is 0.583. The lowest BCUT2D eigenvalue weighted by molar-refractivity contribution is 0.620. The third-order valence-corrected chi connectivity index (χ3v) is 4.88. The molecule has 0 amide bonds. The Kier molecular flexibility index (Phi) is 5.30. The Morgan fingerprint density at radius 3 is 2.82 bits per heavy atom. The average molecular weight is 427 g/mol. The van der Waals surface area contributed by atoms with Crippen LogP contribution < -0.4 is 4.90 Å². The van der Waals surface area contributed by atoms with Crippen LogP contribution in [0.2, 0.25) is 0 Å². The van der Waals surface area contributed by atoms with Gasteiger partial charge in [-0.05, 0) is 50.8 Å². The predicted octanol–water partition coefficient (Wildman–Crippen LogP) is 4.75. The zero-order valence-electron chi connectivity index (χ0n) is 9.50. The molecule has 1 aromatic heterocycles. The first-order valence-electron chi connectivity index (χ1n) is 5.86. The summed E-state index contributed by atoms with van der Waals surface area (Å²) in [7, 11) is 0. The quantitative estimate of drug-likeness (QED) is 0.634. The fourth-order valence-electron chi connectivity index (χ4n) is 2.24. The monoisotopic (exact) mass is 424 g/mol. The van der Waals surface area contributed by atoms with Crippen LogP contribution in [0.4, 0.5) is 5.82 Å². The first-order chi connectivity index (χ1) is 8.22. The molecule has 0 N–H and O–H groups in total. The van der Waals surface area contributed by atoms with Crippen LogP contribution in [0, 0.1) is 0 Å². The molecule has 1 unspecified atom stereocenters. The predicted molar refractivity (Wildman–Crippen MR) is 83.0 cm³/mol. The van der Waals surface area contributed by atoms with Gasteiger partial charge < -0.3 is 4.90 Å². The number of alkyl halides is 1. The van der Waals surface area contributed by atoms with Gasteiger partial charge in [0.05, 0.1) is 4.47 Å². The third-order valence-electron chi connectivity index (χ3n) is 3.12. The lowest BCUT2D eigenvalue weighted by Crippen LogP contribution is -2.36. The van der Waals surface area contributed by atoms with E-state index >= 15 is 0 Å². The topological polar surface area (TPSA) is 16.1 Å². The minimum absolute atomic E-state index is 0.558. The summed E-state index contributed by atoms with van der Waals surface area (Å²) in [5.41, 5.74) is 0. The van der Waals surface area contributed by atoms with Crippen molar-refractivity contribution in [2.75, 3.05) is 16.8 Å². The summed E-state index contributed by atoms with van der Waals surface area (Å²) in [6.45, 7) is 1.10. The molecule has 1 aromatic rings. The number of hydrogen-bond donors (Lipinski definition) is 0. The van der Waals surface area contributed by atoms with E-state index in [9.17, 15) is 0 Å². The van der Waals surface area contributed by atoms with Crippen LogP contribution in [0.5, 0.6) is 0 Å². The average Bonchev–Trinajstić information content (AvgIpc) is 2.54. The van der Waals surface area contributed by atoms with Crippen LogP contribution in [0.3, 0.4) is 0 Å². The molecule has 0 bridgehead atoms. The van der Waals surface area contributed by atoms with Crippen LogP contribution in [0.25, 0.3) is 0 Å². The first-order valence-corrected chi connectivity index (χ1v) is 8.57. The van der Waals surface area contributed by atoms with Crippen molar-refractivity contribution in [3.63, 3.8) is 0 Å². The highest BCUT2D eigenvalue weighted by Crippen LogP contribution is 2.31. The lowest BCUT2D eigenvalue weighted by Gasteiger charge is -2.30. The summed E-state index contributed by atoms with van der Waals surface area (Å²) in [5.74, 6) is 1.07. The molecule has 2 nitrogen and oxygen atoms in total. The summed E-state index contributed by atoms with van der Waals surface area (Å²) in [6.07, 6.45) is 7.02. The van der Waals surface area contributed by atoms with Gasteiger partial charge in [-0.15, -0.1) is 0 Å². The fourth-order valence-corrected chi connectivity index (χ4v) is 4.12. The van der Waals surface area contributed by atoms with Crippen molar-refractivity contribution in [1.29, 1.82) is 0 Å². The second-order valence-electron chi connectivity index (χ2n) is 4.31. The molecule has 2 rings (SSSR count). The van der Waals surface area contributed by atoms with Crippen molar-refractivity contribution in [3.05, 3.63) is 21.2 Å². The highest BCUT2D eigenvalue weighted by molar-refractivity contribution is 9.11. The Balaban J connectivity index is 2.28. The largest absolute Gasteiger partial charge is 0.352 e. The second kappa shape index (κ2) is 6.53. The molecule has 5 heteroatoms. The first kappa shape index (κ1) is 13.8. The van der Waals surface area contributed by atoms with Gasteiger partial charge in [0.15, 0.2) is 0 Å². The Labute approximate surface area is 128 Å². The number of rotatable bonds is 2. The number of pyridine rings is 1. The van der Waals surface area contributed by atoms with Crippen molar-refractivity contribution in [1.82, 2.24) is 4.98 Å². The molecule has 94 valence electrons.